The zero-order valence-corrected chi connectivity index (χ0v) is 9.25. The number of aromatic nitrogens is 2. The Morgan fingerprint density at radius 3 is 3.12 bits per heavy atom. The number of anilines is 1. The van der Waals surface area contributed by atoms with Gasteiger partial charge in [-0.25, -0.2) is 4.98 Å². The first-order valence-electron chi connectivity index (χ1n) is 5.14. The van der Waals surface area contributed by atoms with E-state index in [4.69, 9.17) is 9.47 Å². The summed E-state index contributed by atoms with van der Waals surface area (Å²) in [6.07, 6.45) is 1.65. The molecular formula is C9H12N4O4. The highest BCUT2D eigenvalue weighted by Gasteiger charge is 2.24. The van der Waals surface area contributed by atoms with E-state index in [0.717, 1.165) is 6.20 Å². The maximum Gasteiger partial charge on any atom is 0.349 e. The van der Waals surface area contributed by atoms with Crippen LogP contribution in [0.2, 0.25) is 0 Å². The fraction of sp³-hybridized carbons (Fsp3) is 0.556. The van der Waals surface area contributed by atoms with Crippen molar-refractivity contribution in [2.45, 2.75) is 12.5 Å². The second-order valence-corrected chi connectivity index (χ2v) is 3.49. The van der Waals surface area contributed by atoms with Crippen LogP contribution < -0.4 is 10.1 Å². The quantitative estimate of drug-likeness (QED) is 0.607. The molecule has 1 fully saturated rings. The molecule has 1 aromatic rings. The molecule has 1 aliphatic rings. The Labute approximate surface area is 97.1 Å². The SMILES string of the molecule is CNc1ncc([N+](=O)[O-])c(OC2CCOC2)n1. The Morgan fingerprint density at radius 1 is 1.71 bits per heavy atom. The molecule has 0 spiro atoms. The predicted molar refractivity (Wildman–Crippen MR) is 58.1 cm³/mol. The highest BCUT2D eigenvalue weighted by atomic mass is 16.6. The minimum Gasteiger partial charge on any atom is -0.467 e. The van der Waals surface area contributed by atoms with E-state index >= 15 is 0 Å². The first-order chi connectivity index (χ1) is 8.20. The van der Waals surface area contributed by atoms with E-state index in [1.54, 1.807) is 7.05 Å². The molecule has 17 heavy (non-hydrogen) atoms. The number of rotatable bonds is 4. The third-order valence-electron chi connectivity index (χ3n) is 2.32. The molecule has 2 rings (SSSR count). The van der Waals surface area contributed by atoms with Gasteiger partial charge in [0.2, 0.25) is 5.95 Å². The zero-order chi connectivity index (χ0) is 12.3. The molecule has 1 saturated heterocycles. The van der Waals surface area contributed by atoms with Crippen LogP contribution in [-0.2, 0) is 4.74 Å². The van der Waals surface area contributed by atoms with E-state index in [1.807, 2.05) is 0 Å². The van der Waals surface area contributed by atoms with Crippen LogP contribution in [0, 0.1) is 10.1 Å². The topological polar surface area (TPSA) is 99.4 Å². The Balaban J connectivity index is 2.24. The van der Waals surface area contributed by atoms with Crippen molar-refractivity contribution in [1.82, 2.24) is 9.97 Å². The van der Waals surface area contributed by atoms with Crippen molar-refractivity contribution in [3.63, 3.8) is 0 Å². The van der Waals surface area contributed by atoms with Gasteiger partial charge in [0.05, 0.1) is 18.1 Å². The fourth-order valence-electron chi connectivity index (χ4n) is 1.46. The number of nitro groups is 1. The molecule has 0 bridgehead atoms. The van der Waals surface area contributed by atoms with E-state index in [1.165, 1.54) is 0 Å². The Kier molecular flexibility index (Phi) is 3.33. The predicted octanol–water partition coefficient (Wildman–Crippen LogP) is 0.594. The molecule has 1 aromatic heterocycles. The fourth-order valence-corrected chi connectivity index (χ4v) is 1.46. The largest absolute Gasteiger partial charge is 0.467 e. The Morgan fingerprint density at radius 2 is 2.53 bits per heavy atom. The number of nitrogens with zero attached hydrogens (tertiary/aromatic N) is 3. The van der Waals surface area contributed by atoms with Gasteiger partial charge in [-0.1, -0.05) is 0 Å². The van der Waals surface area contributed by atoms with Crippen LogP contribution >= 0.6 is 0 Å². The summed E-state index contributed by atoms with van der Waals surface area (Å²) in [5.74, 6) is 0.259. The summed E-state index contributed by atoms with van der Waals surface area (Å²) >= 11 is 0. The Hall–Kier alpha value is -1.96. The highest BCUT2D eigenvalue weighted by molar-refractivity contribution is 5.43. The average molecular weight is 240 g/mol. The lowest BCUT2D eigenvalue weighted by atomic mass is 10.3. The molecule has 0 saturated carbocycles. The van der Waals surface area contributed by atoms with Crippen molar-refractivity contribution < 1.29 is 14.4 Å². The minimum atomic E-state index is -0.565. The van der Waals surface area contributed by atoms with Gasteiger partial charge in [0.25, 0.3) is 5.88 Å². The number of hydrogen-bond acceptors (Lipinski definition) is 7. The van der Waals surface area contributed by atoms with Crippen molar-refractivity contribution >= 4 is 11.6 Å². The van der Waals surface area contributed by atoms with Gasteiger partial charge in [0, 0.05) is 13.5 Å². The van der Waals surface area contributed by atoms with Gasteiger partial charge < -0.3 is 14.8 Å². The van der Waals surface area contributed by atoms with Crippen molar-refractivity contribution in [3.8, 4) is 5.88 Å². The molecule has 1 aliphatic heterocycles. The second-order valence-electron chi connectivity index (χ2n) is 3.49. The summed E-state index contributed by atoms with van der Waals surface area (Å²) in [4.78, 5) is 17.9. The summed E-state index contributed by atoms with van der Waals surface area (Å²) in [6.45, 7) is 1.03. The minimum absolute atomic E-state index is 0.0233. The maximum atomic E-state index is 10.8. The standard InChI is InChI=1S/C9H12N4O4/c1-10-9-11-4-7(13(14)15)8(12-9)17-6-2-3-16-5-6/h4,6H,2-3,5H2,1H3,(H,10,11,12). The van der Waals surface area contributed by atoms with E-state index in [0.29, 0.717) is 19.6 Å². The van der Waals surface area contributed by atoms with Crippen molar-refractivity contribution in [3.05, 3.63) is 16.3 Å². The smallest absolute Gasteiger partial charge is 0.349 e. The van der Waals surface area contributed by atoms with Gasteiger partial charge >= 0.3 is 5.69 Å². The Bertz CT molecular complexity index is 419. The lowest BCUT2D eigenvalue weighted by molar-refractivity contribution is -0.386. The number of ether oxygens (including phenoxy) is 2. The molecule has 0 aromatic carbocycles. The van der Waals surface area contributed by atoms with Crippen LogP contribution in [0.4, 0.5) is 11.6 Å². The molecule has 0 aliphatic carbocycles. The zero-order valence-electron chi connectivity index (χ0n) is 9.25. The average Bonchev–Trinajstić information content (AvgIpc) is 2.81. The molecule has 1 atom stereocenters. The van der Waals surface area contributed by atoms with Crippen LogP contribution in [0.5, 0.6) is 5.88 Å². The van der Waals surface area contributed by atoms with Crippen molar-refractivity contribution in [1.29, 1.82) is 0 Å². The molecule has 92 valence electrons. The van der Waals surface area contributed by atoms with Crippen LogP contribution in [0.1, 0.15) is 6.42 Å². The van der Waals surface area contributed by atoms with Gasteiger partial charge in [-0.05, 0) is 0 Å². The van der Waals surface area contributed by atoms with E-state index in [-0.39, 0.29) is 23.6 Å². The summed E-state index contributed by atoms with van der Waals surface area (Å²) in [5, 5.41) is 13.5. The van der Waals surface area contributed by atoms with Gasteiger partial charge in [-0.2, -0.15) is 4.98 Å². The van der Waals surface area contributed by atoms with Crippen LogP contribution in [0.25, 0.3) is 0 Å². The highest BCUT2D eigenvalue weighted by Crippen LogP contribution is 2.26. The molecule has 8 heteroatoms. The van der Waals surface area contributed by atoms with Crippen molar-refractivity contribution in [2.75, 3.05) is 25.6 Å². The van der Waals surface area contributed by atoms with Crippen LogP contribution in [-0.4, -0.2) is 41.3 Å². The van der Waals surface area contributed by atoms with Gasteiger partial charge in [-0.3, -0.25) is 10.1 Å². The normalized spacial score (nSPS) is 19.0. The first kappa shape index (κ1) is 11.5. The number of hydrogen-bond donors (Lipinski definition) is 1. The summed E-state index contributed by atoms with van der Waals surface area (Å²) in [5.41, 5.74) is -0.240. The summed E-state index contributed by atoms with van der Waals surface area (Å²) in [6, 6.07) is 0. The maximum absolute atomic E-state index is 10.8. The molecule has 0 amide bonds. The van der Waals surface area contributed by atoms with Gasteiger partial charge in [0.1, 0.15) is 12.3 Å². The van der Waals surface area contributed by atoms with Gasteiger partial charge in [-0.15, -0.1) is 0 Å². The molecule has 1 N–H and O–H groups in total. The molecule has 1 unspecified atom stereocenters. The summed E-state index contributed by atoms with van der Waals surface area (Å²) in [7, 11) is 1.63. The van der Waals surface area contributed by atoms with Crippen molar-refractivity contribution in [2.24, 2.45) is 0 Å². The first-order valence-corrected chi connectivity index (χ1v) is 5.14. The molecule has 0 radical (unpaired) electrons. The number of nitrogens with one attached hydrogen (secondary N) is 1. The third-order valence-corrected chi connectivity index (χ3v) is 2.32. The monoisotopic (exact) mass is 240 g/mol. The third kappa shape index (κ3) is 2.59. The molecule has 8 nitrogen and oxygen atoms in total. The van der Waals surface area contributed by atoms with E-state index in [9.17, 15) is 10.1 Å². The van der Waals surface area contributed by atoms with Crippen LogP contribution in [0.15, 0.2) is 6.20 Å². The van der Waals surface area contributed by atoms with E-state index < -0.39 is 4.92 Å². The second kappa shape index (κ2) is 4.91. The van der Waals surface area contributed by atoms with E-state index in [2.05, 4.69) is 15.3 Å². The molecular weight excluding hydrogens is 228 g/mol. The summed E-state index contributed by atoms with van der Waals surface area (Å²) < 4.78 is 10.6. The lowest BCUT2D eigenvalue weighted by Crippen LogP contribution is -2.17. The van der Waals surface area contributed by atoms with Crippen LogP contribution in [0.3, 0.4) is 0 Å². The molecule has 2 heterocycles. The lowest BCUT2D eigenvalue weighted by Gasteiger charge is -2.11. The van der Waals surface area contributed by atoms with Gasteiger partial charge in [0.15, 0.2) is 0 Å².